The van der Waals surface area contributed by atoms with E-state index in [9.17, 15) is 27.1 Å². The fourth-order valence-corrected chi connectivity index (χ4v) is 3.27. The maximum atomic E-state index is 13.8. The summed E-state index contributed by atoms with van der Waals surface area (Å²) >= 11 is 0. The van der Waals surface area contributed by atoms with Gasteiger partial charge in [-0.3, -0.25) is 4.40 Å². The molecule has 3 aromatic heterocycles. The first-order chi connectivity index (χ1) is 14.0. The molecule has 3 aromatic rings. The first-order valence-corrected chi connectivity index (χ1v) is 9.08. The third-order valence-corrected chi connectivity index (χ3v) is 5.17. The van der Waals surface area contributed by atoms with Crippen molar-refractivity contribution in [1.82, 2.24) is 19.7 Å². The van der Waals surface area contributed by atoms with Gasteiger partial charge in [0.2, 0.25) is 0 Å². The molecule has 1 aliphatic rings. The molecule has 3 N–H and O–H groups in total. The first-order valence-electron chi connectivity index (χ1n) is 9.08. The summed E-state index contributed by atoms with van der Waals surface area (Å²) in [6.45, 7) is 0.313. The number of anilines is 1. The second kappa shape index (κ2) is 6.88. The average Bonchev–Trinajstić information content (AvgIpc) is 3.23. The van der Waals surface area contributed by atoms with Crippen LogP contribution < -0.4 is 10.6 Å². The molecule has 30 heavy (non-hydrogen) atoms. The van der Waals surface area contributed by atoms with Crippen LogP contribution in [0.15, 0.2) is 42.7 Å². The van der Waals surface area contributed by atoms with Crippen LogP contribution in [0.4, 0.5) is 27.8 Å². The molecule has 1 saturated heterocycles. The molecule has 6 nitrogen and oxygen atoms in total. The Bertz CT molecular complexity index is 1080. The minimum absolute atomic E-state index is 0.0738. The number of halogens is 5. The summed E-state index contributed by atoms with van der Waals surface area (Å²) in [5.41, 5.74) is -2.40. The first kappa shape index (κ1) is 20.5. The molecule has 160 valence electrons. The highest BCUT2D eigenvalue weighted by atomic mass is 19.4. The van der Waals surface area contributed by atoms with Crippen LogP contribution >= 0.6 is 0 Å². The summed E-state index contributed by atoms with van der Waals surface area (Å²) in [7, 11) is 0. The predicted octanol–water partition coefficient (Wildman–Crippen LogP) is 3.19. The lowest BCUT2D eigenvalue weighted by Gasteiger charge is -2.26. The standard InChI is InChI=1S/C19H18F5N5O/c1-17(30,19(22,23)24)11-5-6-16-26-7-13(29(16)9-11)12-3-2-4-15(27-12)28-14-8-25-10-18(14,20)21/h2-7,9,14,25,30H,8,10H2,1H3,(H,27,28)/t14-,17+/m0/s1. The number of imidazole rings is 1. The molecule has 0 saturated carbocycles. The second-order valence-electron chi connectivity index (χ2n) is 7.36. The summed E-state index contributed by atoms with van der Waals surface area (Å²) in [6.07, 6.45) is -2.31. The van der Waals surface area contributed by atoms with E-state index in [-0.39, 0.29) is 17.9 Å². The van der Waals surface area contributed by atoms with Gasteiger partial charge in [-0.2, -0.15) is 13.2 Å². The molecule has 11 heteroatoms. The van der Waals surface area contributed by atoms with Gasteiger partial charge in [0, 0.05) is 18.3 Å². The van der Waals surface area contributed by atoms with Crippen molar-refractivity contribution in [2.75, 3.05) is 18.4 Å². The molecule has 1 aliphatic heterocycles. The van der Waals surface area contributed by atoms with Gasteiger partial charge in [0.25, 0.3) is 5.92 Å². The molecule has 0 bridgehead atoms. The van der Waals surface area contributed by atoms with Gasteiger partial charge in [-0.25, -0.2) is 18.7 Å². The summed E-state index contributed by atoms with van der Waals surface area (Å²) in [6, 6.07) is 6.10. The highest BCUT2D eigenvalue weighted by molar-refractivity contribution is 5.62. The van der Waals surface area contributed by atoms with Crippen molar-refractivity contribution in [3.8, 4) is 11.4 Å². The van der Waals surface area contributed by atoms with Crippen LogP contribution in [0.1, 0.15) is 12.5 Å². The number of fused-ring (bicyclic) bond motifs is 1. The fraction of sp³-hybridized carbons (Fsp3) is 0.368. The minimum atomic E-state index is -4.87. The fourth-order valence-electron chi connectivity index (χ4n) is 3.27. The van der Waals surface area contributed by atoms with Crippen molar-refractivity contribution >= 4 is 11.5 Å². The minimum Gasteiger partial charge on any atom is -0.376 e. The monoisotopic (exact) mass is 427 g/mol. The van der Waals surface area contributed by atoms with Gasteiger partial charge in [-0.1, -0.05) is 12.1 Å². The SMILES string of the molecule is C[C@@](O)(c1ccc2ncc(-c3cccc(N[C@H]4CNCC4(F)F)n3)n2c1)C(F)(F)F. The van der Waals surface area contributed by atoms with E-state index in [0.29, 0.717) is 24.0 Å². The molecule has 0 unspecified atom stereocenters. The molecule has 0 radical (unpaired) electrons. The van der Waals surface area contributed by atoms with E-state index in [1.807, 2.05) is 0 Å². The molecule has 0 amide bonds. The molecule has 0 aromatic carbocycles. The van der Waals surface area contributed by atoms with Crippen molar-refractivity contribution in [1.29, 1.82) is 0 Å². The highest BCUT2D eigenvalue weighted by Gasteiger charge is 2.51. The van der Waals surface area contributed by atoms with Crippen molar-refractivity contribution in [2.24, 2.45) is 0 Å². The molecule has 1 fully saturated rings. The molecule has 4 heterocycles. The molecular weight excluding hydrogens is 409 g/mol. The van der Waals surface area contributed by atoms with E-state index >= 15 is 0 Å². The number of nitrogens with zero attached hydrogens (tertiary/aromatic N) is 3. The van der Waals surface area contributed by atoms with Gasteiger partial charge in [-0.05, 0) is 25.1 Å². The van der Waals surface area contributed by atoms with Gasteiger partial charge in [0.15, 0.2) is 5.60 Å². The van der Waals surface area contributed by atoms with E-state index in [0.717, 1.165) is 12.3 Å². The predicted molar refractivity (Wildman–Crippen MR) is 99.3 cm³/mol. The number of hydrogen-bond acceptors (Lipinski definition) is 5. The van der Waals surface area contributed by atoms with Crippen LogP contribution in [0.25, 0.3) is 17.0 Å². The number of aliphatic hydroxyl groups is 1. The third-order valence-electron chi connectivity index (χ3n) is 5.17. The Morgan fingerprint density at radius 3 is 2.67 bits per heavy atom. The van der Waals surface area contributed by atoms with Crippen molar-refractivity contribution < 1.29 is 27.1 Å². The Kier molecular flexibility index (Phi) is 4.70. The summed E-state index contributed by atoms with van der Waals surface area (Å²) in [5, 5.41) is 15.3. The Morgan fingerprint density at radius 1 is 1.23 bits per heavy atom. The number of aromatic nitrogens is 3. The third kappa shape index (κ3) is 3.47. The van der Waals surface area contributed by atoms with Crippen molar-refractivity contribution in [3.63, 3.8) is 0 Å². The zero-order valence-corrected chi connectivity index (χ0v) is 15.7. The normalized spacial score (nSPS) is 21.0. The van der Waals surface area contributed by atoms with Crippen LogP contribution in [0.2, 0.25) is 0 Å². The Morgan fingerprint density at radius 2 is 2.00 bits per heavy atom. The zero-order valence-electron chi connectivity index (χ0n) is 15.7. The molecule has 4 rings (SSSR count). The maximum absolute atomic E-state index is 13.8. The van der Waals surface area contributed by atoms with Crippen LogP contribution in [-0.2, 0) is 5.60 Å². The second-order valence-corrected chi connectivity index (χ2v) is 7.36. The van der Waals surface area contributed by atoms with Gasteiger partial charge in [0.1, 0.15) is 17.5 Å². The van der Waals surface area contributed by atoms with Crippen LogP contribution in [-0.4, -0.2) is 50.7 Å². The molecule has 0 aliphatic carbocycles. The smallest absolute Gasteiger partial charge is 0.376 e. The van der Waals surface area contributed by atoms with Gasteiger partial charge in [-0.15, -0.1) is 0 Å². The van der Waals surface area contributed by atoms with Gasteiger partial charge in [0.05, 0.1) is 24.1 Å². The summed E-state index contributed by atoms with van der Waals surface area (Å²) in [5.74, 6) is -2.73. The van der Waals surface area contributed by atoms with E-state index in [4.69, 9.17) is 0 Å². The number of rotatable bonds is 4. The Hall–Kier alpha value is -2.79. The number of alkyl halides is 5. The van der Waals surface area contributed by atoms with Crippen LogP contribution in [0.3, 0.4) is 0 Å². The quantitative estimate of drug-likeness (QED) is 0.558. The Balaban J connectivity index is 1.71. The van der Waals surface area contributed by atoms with Crippen LogP contribution in [0, 0.1) is 0 Å². The van der Waals surface area contributed by atoms with Crippen molar-refractivity contribution in [3.05, 3.63) is 48.3 Å². The number of pyridine rings is 2. The Labute approximate surface area is 167 Å². The van der Waals surface area contributed by atoms with Crippen molar-refractivity contribution in [2.45, 2.75) is 30.7 Å². The van der Waals surface area contributed by atoms with E-state index in [2.05, 4.69) is 20.6 Å². The lowest BCUT2D eigenvalue weighted by atomic mass is 9.97. The summed E-state index contributed by atoms with van der Waals surface area (Å²) < 4.78 is 68.7. The van der Waals surface area contributed by atoms with E-state index < -0.39 is 30.3 Å². The number of hydrogen-bond donors (Lipinski definition) is 3. The van der Waals surface area contributed by atoms with E-state index in [1.54, 1.807) is 12.1 Å². The molecule has 2 atom stereocenters. The average molecular weight is 427 g/mol. The van der Waals surface area contributed by atoms with E-state index in [1.165, 1.54) is 22.7 Å². The molecule has 0 spiro atoms. The highest BCUT2D eigenvalue weighted by Crippen LogP contribution is 2.38. The lowest BCUT2D eigenvalue weighted by molar-refractivity contribution is -0.259. The maximum Gasteiger partial charge on any atom is 0.421 e. The lowest BCUT2D eigenvalue weighted by Crippen LogP contribution is -2.39. The van der Waals surface area contributed by atoms with Crippen LogP contribution in [0.5, 0.6) is 0 Å². The topological polar surface area (TPSA) is 74.5 Å². The number of nitrogens with one attached hydrogen (secondary N) is 2. The molecular formula is C19H18F5N5O. The van der Waals surface area contributed by atoms with Gasteiger partial charge < -0.3 is 15.7 Å². The van der Waals surface area contributed by atoms with Gasteiger partial charge >= 0.3 is 6.18 Å². The summed E-state index contributed by atoms with van der Waals surface area (Å²) in [4.78, 5) is 8.46. The largest absolute Gasteiger partial charge is 0.421 e. The zero-order chi connectivity index (χ0) is 21.7.